The highest BCUT2D eigenvalue weighted by molar-refractivity contribution is 6.08. The highest BCUT2D eigenvalue weighted by Gasteiger charge is 2.77. The third-order valence-electron chi connectivity index (χ3n) is 7.14. The number of hydrogen-bond acceptors (Lipinski definition) is 6. The van der Waals surface area contributed by atoms with Crippen molar-refractivity contribution in [3.05, 3.63) is 102 Å². The number of ether oxygens (including phenoxy) is 2. The van der Waals surface area contributed by atoms with Crippen molar-refractivity contribution in [1.29, 1.82) is 0 Å². The van der Waals surface area contributed by atoms with Gasteiger partial charge in [-0.15, -0.1) is 0 Å². The molecule has 3 saturated heterocycles. The zero-order chi connectivity index (χ0) is 24.0. The Morgan fingerprint density at radius 3 is 2.17 bits per heavy atom. The third-order valence-corrected chi connectivity index (χ3v) is 7.14. The highest BCUT2D eigenvalue weighted by atomic mass is 16.7. The number of fused-ring (bicyclic) bond motifs is 3. The molecule has 3 aromatic rings. The van der Waals surface area contributed by atoms with Crippen LogP contribution in [-0.4, -0.2) is 42.1 Å². The maximum atomic E-state index is 14.5. The largest absolute Gasteiger partial charge is 0.465 e. The molecule has 3 fully saturated rings. The molecule has 3 aromatic carbocycles. The van der Waals surface area contributed by atoms with Crippen molar-refractivity contribution in [1.82, 2.24) is 4.90 Å². The Hall–Kier alpha value is -3.68. The molecule has 0 spiro atoms. The first-order valence-corrected chi connectivity index (χ1v) is 11.9. The lowest BCUT2D eigenvalue weighted by Crippen LogP contribution is -2.50. The van der Waals surface area contributed by atoms with Crippen LogP contribution in [0.25, 0.3) is 0 Å². The van der Waals surface area contributed by atoms with E-state index in [0.29, 0.717) is 0 Å². The average Bonchev–Trinajstić information content (AvgIpc) is 3.56. The van der Waals surface area contributed by atoms with E-state index in [9.17, 15) is 9.59 Å². The third kappa shape index (κ3) is 3.12. The number of carbonyl (C=O) groups excluding carboxylic acids is 2. The molecule has 7 nitrogen and oxygen atoms in total. The van der Waals surface area contributed by atoms with Crippen LogP contribution in [0.15, 0.2) is 91.0 Å². The fourth-order valence-corrected chi connectivity index (χ4v) is 5.71. The van der Waals surface area contributed by atoms with Gasteiger partial charge in [0.2, 0.25) is 11.3 Å². The number of amides is 1. The number of hydrogen-bond donors (Lipinski definition) is 0. The summed E-state index contributed by atoms with van der Waals surface area (Å²) in [7, 11) is 0. The van der Waals surface area contributed by atoms with Crippen LogP contribution in [-0.2, 0) is 23.9 Å². The van der Waals surface area contributed by atoms with Crippen LogP contribution in [0.1, 0.15) is 30.3 Å². The topological polar surface area (TPSA) is 68.3 Å². The minimum atomic E-state index is -1.57. The lowest BCUT2D eigenvalue weighted by Gasteiger charge is -2.34. The Labute approximate surface area is 203 Å². The molecule has 0 saturated carbocycles. The molecule has 0 unspecified atom stereocenters. The van der Waals surface area contributed by atoms with Crippen molar-refractivity contribution in [3.63, 3.8) is 0 Å². The van der Waals surface area contributed by atoms with Gasteiger partial charge < -0.3 is 14.4 Å². The molecular formula is C28H26N2O5. The predicted molar refractivity (Wildman–Crippen MR) is 128 cm³/mol. The van der Waals surface area contributed by atoms with E-state index in [0.717, 1.165) is 16.8 Å². The summed E-state index contributed by atoms with van der Waals surface area (Å²) in [6.07, 6.45) is -1.36. The van der Waals surface area contributed by atoms with E-state index in [2.05, 4.69) is 0 Å². The smallest absolute Gasteiger partial charge is 0.327 e. The van der Waals surface area contributed by atoms with E-state index < -0.39 is 35.8 Å². The van der Waals surface area contributed by atoms with Crippen molar-refractivity contribution >= 4 is 17.6 Å². The minimum Gasteiger partial charge on any atom is -0.465 e. The minimum absolute atomic E-state index is 0.163. The van der Waals surface area contributed by atoms with Gasteiger partial charge in [-0.1, -0.05) is 78.9 Å². The molecular weight excluding hydrogens is 444 g/mol. The summed E-state index contributed by atoms with van der Waals surface area (Å²) in [5.41, 5.74) is 0.851. The number of nitrogens with zero attached hydrogens (tertiary/aromatic N) is 2. The second-order valence-corrected chi connectivity index (χ2v) is 8.97. The number of carbonyl (C=O) groups is 2. The lowest BCUT2D eigenvalue weighted by molar-refractivity contribution is -0.165. The van der Waals surface area contributed by atoms with Gasteiger partial charge in [0, 0.05) is 5.56 Å². The molecule has 0 aliphatic carbocycles. The van der Waals surface area contributed by atoms with E-state index in [1.54, 1.807) is 16.9 Å². The molecule has 5 atom stereocenters. The summed E-state index contributed by atoms with van der Waals surface area (Å²) in [6, 6.07) is 27.6. The van der Waals surface area contributed by atoms with E-state index >= 15 is 0 Å². The maximum Gasteiger partial charge on any atom is 0.327 e. The number of rotatable bonds is 5. The SMILES string of the molecule is CCOC(=O)[C@]12C(=O)N3[C@@H](c4ccccc4)OC[C@@H]3[C@H]1ON(c1ccccc1)[C@H]2c1ccccc1. The van der Waals surface area contributed by atoms with Gasteiger partial charge in [0.15, 0.2) is 6.23 Å². The second kappa shape index (κ2) is 8.52. The monoisotopic (exact) mass is 470 g/mol. The van der Waals surface area contributed by atoms with Crippen LogP contribution >= 0.6 is 0 Å². The predicted octanol–water partition coefficient (Wildman–Crippen LogP) is 4.04. The van der Waals surface area contributed by atoms with Gasteiger partial charge in [0.25, 0.3) is 0 Å². The molecule has 6 rings (SSSR count). The molecule has 0 aromatic heterocycles. The average molecular weight is 471 g/mol. The molecule has 3 aliphatic rings. The van der Waals surface area contributed by atoms with Crippen LogP contribution in [0, 0.1) is 5.41 Å². The van der Waals surface area contributed by atoms with E-state index in [1.807, 2.05) is 91.0 Å². The first-order chi connectivity index (χ1) is 17.2. The first-order valence-electron chi connectivity index (χ1n) is 11.9. The number of esters is 1. The molecule has 3 heterocycles. The maximum absolute atomic E-state index is 14.5. The molecule has 178 valence electrons. The van der Waals surface area contributed by atoms with Crippen LogP contribution in [0.3, 0.4) is 0 Å². The Kier molecular flexibility index (Phi) is 5.31. The normalized spacial score (nSPS) is 29.2. The summed E-state index contributed by atoms with van der Waals surface area (Å²) in [6.45, 7) is 2.18. The van der Waals surface area contributed by atoms with Crippen LogP contribution in [0.2, 0.25) is 0 Å². The van der Waals surface area contributed by atoms with Crippen molar-refractivity contribution in [2.24, 2.45) is 5.41 Å². The van der Waals surface area contributed by atoms with Gasteiger partial charge in [-0.2, -0.15) is 0 Å². The van der Waals surface area contributed by atoms with Crippen LogP contribution < -0.4 is 5.06 Å². The summed E-state index contributed by atoms with van der Waals surface area (Å²) >= 11 is 0. The molecule has 0 radical (unpaired) electrons. The number of benzene rings is 3. The van der Waals surface area contributed by atoms with Gasteiger partial charge in [-0.3, -0.25) is 14.4 Å². The lowest BCUT2D eigenvalue weighted by atomic mass is 9.73. The Balaban J connectivity index is 1.53. The quantitative estimate of drug-likeness (QED) is 0.414. The number of anilines is 1. The zero-order valence-electron chi connectivity index (χ0n) is 19.3. The molecule has 0 N–H and O–H groups in total. The molecule has 7 heteroatoms. The van der Waals surface area contributed by atoms with Crippen molar-refractivity contribution < 1.29 is 23.9 Å². The first kappa shape index (κ1) is 21.8. The zero-order valence-corrected chi connectivity index (χ0v) is 19.3. The molecule has 35 heavy (non-hydrogen) atoms. The number of hydroxylamine groups is 1. The summed E-state index contributed by atoms with van der Waals surface area (Å²) in [4.78, 5) is 36.6. The van der Waals surface area contributed by atoms with Gasteiger partial charge in [0.1, 0.15) is 12.1 Å². The fraction of sp³-hybridized carbons (Fsp3) is 0.286. The summed E-state index contributed by atoms with van der Waals surface area (Å²) in [5, 5.41) is 1.71. The number of para-hydroxylation sites is 1. The molecule has 0 bridgehead atoms. The van der Waals surface area contributed by atoms with E-state index in [1.165, 1.54) is 0 Å². The van der Waals surface area contributed by atoms with Gasteiger partial charge in [-0.05, 0) is 24.6 Å². The van der Waals surface area contributed by atoms with Gasteiger partial charge in [0.05, 0.1) is 24.9 Å². The van der Waals surface area contributed by atoms with Crippen molar-refractivity contribution in [2.45, 2.75) is 31.3 Å². The highest BCUT2D eigenvalue weighted by Crippen LogP contribution is 2.60. The van der Waals surface area contributed by atoms with Gasteiger partial charge in [-0.25, -0.2) is 5.06 Å². The summed E-state index contributed by atoms with van der Waals surface area (Å²) < 4.78 is 11.7. The van der Waals surface area contributed by atoms with Gasteiger partial charge >= 0.3 is 5.97 Å². The Morgan fingerprint density at radius 2 is 1.54 bits per heavy atom. The van der Waals surface area contributed by atoms with Crippen LogP contribution in [0.5, 0.6) is 0 Å². The summed E-state index contributed by atoms with van der Waals surface area (Å²) in [5.74, 6) is -0.895. The van der Waals surface area contributed by atoms with Crippen molar-refractivity contribution in [3.8, 4) is 0 Å². The van der Waals surface area contributed by atoms with Crippen molar-refractivity contribution in [2.75, 3.05) is 18.3 Å². The van der Waals surface area contributed by atoms with E-state index in [-0.39, 0.29) is 19.1 Å². The second-order valence-electron chi connectivity index (χ2n) is 8.97. The Morgan fingerprint density at radius 1 is 0.943 bits per heavy atom. The molecule has 3 aliphatic heterocycles. The molecule has 1 amide bonds. The van der Waals surface area contributed by atoms with Crippen LogP contribution in [0.4, 0.5) is 5.69 Å². The van der Waals surface area contributed by atoms with E-state index in [4.69, 9.17) is 14.3 Å². The fourth-order valence-electron chi connectivity index (χ4n) is 5.71. The standard InChI is InChI=1S/C28H26N2O5/c1-2-33-27(32)28-23(19-12-6-3-7-13-19)30(21-16-10-5-11-17-21)35-24(28)22-18-34-25(29(22)26(28)31)20-14-8-4-9-15-20/h3-17,22-25H,2,18H2,1H3/t22-,23+,24-,25-,28+/m1/s1. The Bertz CT molecular complexity index is 1220.